The van der Waals surface area contributed by atoms with Gasteiger partial charge in [-0.3, -0.25) is 19.4 Å². The summed E-state index contributed by atoms with van der Waals surface area (Å²) >= 11 is 0. The molecule has 280 valence electrons. The van der Waals surface area contributed by atoms with Crippen LogP contribution in [0, 0.1) is 17.3 Å². The normalized spacial score (nSPS) is 29.2. The molecule has 49 heavy (non-hydrogen) atoms. The Hall–Kier alpha value is -2.12. The summed E-state index contributed by atoms with van der Waals surface area (Å²) in [6.07, 6.45) is 2.66. The number of aromatic hydroxyl groups is 1. The Morgan fingerprint density at radius 3 is 1.55 bits per heavy atom. The number of hydrogen-bond donors (Lipinski definition) is 1. The fourth-order valence-electron chi connectivity index (χ4n) is 8.27. The minimum atomic E-state index is -1.55. The van der Waals surface area contributed by atoms with Crippen LogP contribution in [0.4, 0.5) is 0 Å². The molecule has 2 heterocycles. The molecule has 0 amide bonds. The van der Waals surface area contributed by atoms with E-state index >= 15 is 9.59 Å². The highest BCUT2D eigenvalue weighted by molar-refractivity contribution is 6.00. The van der Waals surface area contributed by atoms with E-state index in [0.717, 1.165) is 23.1 Å². The summed E-state index contributed by atoms with van der Waals surface area (Å²) < 4.78 is 13.3. The molecule has 6 atom stereocenters. The fraction of sp³-hybridized carbons (Fsp3) is 0.810. The predicted molar refractivity (Wildman–Crippen MR) is 201 cm³/mol. The molecule has 2 fully saturated rings. The van der Waals surface area contributed by atoms with E-state index in [1.165, 1.54) is 0 Å². The zero-order chi connectivity index (χ0) is 37.7. The van der Waals surface area contributed by atoms with Gasteiger partial charge in [0.1, 0.15) is 18.0 Å². The van der Waals surface area contributed by atoms with Crippen LogP contribution in [0.5, 0.6) is 5.75 Å². The average molecular weight is 685 g/mol. The van der Waals surface area contributed by atoms with E-state index in [2.05, 4.69) is 128 Å². The Labute approximate surface area is 299 Å². The van der Waals surface area contributed by atoms with E-state index in [0.29, 0.717) is 25.7 Å². The van der Waals surface area contributed by atoms with E-state index in [1.807, 2.05) is 12.1 Å². The molecular weight excluding hydrogens is 612 g/mol. The molecule has 1 N–H and O–H groups in total. The van der Waals surface area contributed by atoms with E-state index in [9.17, 15) is 5.11 Å². The van der Waals surface area contributed by atoms with Crippen molar-refractivity contribution in [2.45, 2.75) is 189 Å². The topological polar surface area (TPSA) is 79.3 Å². The predicted octanol–water partition coefficient (Wildman–Crippen LogP) is 8.81. The SMILES string of the molecule is CCCCC(Cc1cc(C(C)(C)C)c(O)cc1C(C)(C)C)(C(=O)OC1CC(C)(C)N(C)C(C)C1C)C(=O)OC1CC(C)(C)N(C)C(C)C1C. The lowest BCUT2D eigenvalue weighted by molar-refractivity contribution is -0.191. The van der Waals surface area contributed by atoms with Crippen LogP contribution < -0.4 is 0 Å². The van der Waals surface area contributed by atoms with Gasteiger partial charge in [-0.05, 0) is 102 Å². The third-order valence-electron chi connectivity index (χ3n) is 12.8. The molecule has 3 rings (SSSR count). The number of rotatable bonds is 9. The summed E-state index contributed by atoms with van der Waals surface area (Å²) in [6.45, 7) is 32.1. The molecule has 0 spiro atoms. The van der Waals surface area contributed by atoms with Crippen LogP contribution in [0.1, 0.15) is 153 Å². The summed E-state index contributed by atoms with van der Waals surface area (Å²) in [5.41, 5.74) is 0.00510. The molecule has 2 saturated heterocycles. The number of nitrogens with zero attached hydrogens (tertiary/aromatic N) is 2. The molecule has 1 aromatic carbocycles. The third kappa shape index (κ3) is 8.51. The molecule has 0 saturated carbocycles. The van der Waals surface area contributed by atoms with Crippen molar-refractivity contribution >= 4 is 11.9 Å². The molecule has 0 aromatic heterocycles. The summed E-state index contributed by atoms with van der Waals surface area (Å²) in [6, 6.07) is 4.27. The first-order valence-electron chi connectivity index (χ1n) is 19.0. The first-order chi connectivity index (χ1) is 22.2. The maximum Gasteiger partial charge on any atom is 0.324 e. The first kappa shape index (κ1) is 41.3. The first-order valence-corrected chi connectivity index (χ1v) is 19.0. The van der Waals surface area contributed by atoms with Gasteiger partial charge in [0.05, 0.1) is 0 Å². The molecular formula is C42H72N2O5. The Kier molecular flexibility index (Phi) is 12.2. The summed E-state index contributed by atoms with van der Waals surface area (Å²) in [4.78, 5) is 35.0. The van der Waals surface area contributed by atoms with Crippen molar-refractivity contribution < 1.29 is 24.2 Å². The highest BCUT2D eigenvalue weighted by Gasteiger charge is 2.54. The number of esters is 2. The summed E-state index contributed by atoms with van der Waals surface area (Å²) in [5, 5.41) is 11.3. The number of hydrogen-bond acceptors (Lipinski definition) is 7. The van der Waals surface area contributed by atoms with Crippen molar-refractivity contribution in [1.29, 1.82) is 0 Å². The Bertz CT molecular complexity index is 1280. The van der Waals surface area contributed by atoms with Crippen LogP contribution in [0.2, 0.25) is 0 Å². The van der Waals surface area contributed by atoms with Crippen molar-refractivity contribution in [1.82, 2.24) is 9.80 Å². The van der Waals surface area contributed by atoms with E-state index in [4.69, 9.17) is 9.47 Å². The van der Waals surface area contributed by atoms with Gasteiger partial charge < -0.3 is 14.6 Å². The van der Waals surface area contributed by atoms with Crippen LogP contribution >= 0.6 is 0 Å². The minimum absolute atomic E-state index is 0.0868. The maximum absolute atomic E-state index is 15.1. The van der Waals surface area contributed by atoms with E-state index < -0.39 is 17.4 Å². The van der Waals surface area contributed by atoms with Gasteiger partial charge in [-0.1, -0.05) is 81.2 Å². The van der Waals surface area contributed by atoms with Gasteiger partial charge in [-0.15, -0.1) is 0 Å². The fourth-order valence-corrected chi connectivity index (χ4v) is 8.27. The van der Waals surface area contributed by atoms with Crippen molar-refractivity contribution in [2.75, 3.05) is 14.1 Å². The zero-order valence-electron chi connectivity index (χ0n) is 34.3. The summed E-state index contributed by atoms with van der Waals surface area (Å²) in [7, 11) is 4.28. The quantitative estimate of drug-likeness (QED) is 0.206. The second kappa shape index (κ2) is 14.5. The molecule has 0 aliphatic carbocycles. The van der Waals surface area contributed by atoms with Crippen molar-refractivity contribution in [3.05, 3.63) is 28.8 Å². The highest BCUT2D eigenvalue weighted by Crippen LogP contribution is 2.45. The molecule has 0 radical (unpaired) electrons. The number of carbonyl (C=O) groups excluding carboxylic acids is 2. The zero-order valence-corrected chi connectivity index (χ0v) is 34.3. The van der Waals surface area contributed by atoms with E-state index in [-0.39, 0.29) is 70.2 Å². The van der Waals surface area contributed by atoms with Gasteiger partial charge in [0.25, 0.3) is 0 Å². The molecule has 2 aliphatic rings. The molecule has 2 aliphatic heterocycles. The van der Waals surface area contributed by atoms with Crippen molar-refractivity contribution in [2.24, 2.45) is 17.3 Å². The van der Waals surface area contributed by atoms with Gasteiger partial charge in [0, 0.05) is 47.8 Å². The Morgan fingerprint density at radius 1 is 0.776 bits per heavy atom. The van der Waals surface area contributed by atoms with Gasteiger partial charge in [-0.25, -0.2) is 0 Å². The largest absolute Gasteiger partial charge is 0.508 e. The standard InChI is InChI=1S/C42H72N2O5/c1-18-19-20-42(36(46)48-34-24-40(12,13)43(16)28(4)26(34)2,37(47)49-35-25-41(14,15)44(17)29(5)27(35)3)23-30-21-32(39(9,10)11)33(45)22-31(30)38(6,7)8/h21-22,26-29,34-35,45H,18-20,23-25H2,1-17H3. The van der Waals surface area contributed by atoms with E-state index in [1.54, 1.807) is 0 Å². The summed E-state index contributed by atoms with van der Waals surface area (Å²) in [5.74, 6) is -0.548. The molecule has 6 unspecified atom stereocenters. The highest BCUT2D eigenvalue weighted by atomic mass is 16.6. The van der Waals surface area contributed by atoms with Crippen molar-refractivity contribution in [3.8, 4) is 5.75 Å². The van der Waals surface area contributed by atoms with Crippen molar-refractivity contribution in [3.63, 3.8) is 0 Å². The van der Waals surface area contributed by atoms with Gasteiger partial charge in [-0.2, -0.15) is 0 Å². The third-order valence-corrected chi connectivity index (χ3v) is 12.8. The lowest BCUT2D eigenvalue weighted by atomic mass is 9.71. The van der Waals surface area contributed by atoms with Gasteiger partial charge >= 0.3 is 11.9 Å². The number of phenols is 1. The lowest BCUT2D eigenvalue weighted by Crippen LogP contribution is -2.60. The minimum Gasteiger partial charge on any atom is -0.508 e. The number of phenolic OH excluding ortho intramolecular Hbond substituents is 1. The molecule has 1 aromatic rings. The monoisotopic (exact) mass is 685 g/mol. The van der Waals surface area contributed by atoms with Crippen LogP contribution in [0.25, 0.3) is 0 Å². The molecule has 7 heteroatoms. The molecule has 0 bridgehead atoms. The van der Waals surface area contributed by atoms with Crippen LogP contribution in [0.15, 0.2) is 12.1 Å². The number of likely N-dealkylation sites (tertiary alicyclic amines) is 2. The smallest absolute Gasteiger partial charge is 0.324 e. The average Bonchev–Trinajstić information content (AvgIpc) is 2.97. The second-order valence-corrected chi connectivity index (χ2v) is 19.2. The number of unbranched alkanes of at least 4 members (excludes halogenated alkanes) is 1. The van der Waals surface area contributed by atoms with Crippen LogP contribution in [-0.2, 0) is 36.3 Å². The number of benzene rings is 1. The number of ether oxygens (including phenoxy) is 2. The van der Waals surface area contributed by atoms with Crippen LogP contribution in [-0.4, -0.2) is 76.3 Å². The Balaban J connectivity index is 2.24. The second-order valence-electron chi connectivity index (χ2n) is 19.2. The van der Waals surface area contributed by atoms with Gasteiger partial charge in [0.2, 0.25) is 0 Å². The van der Waals surface area contributed by atoms with Gasteiger partial charge in [0.15, 0.2) is 5.41 Å². The maximum atomic E-state index is 15.1. The number of carbonyl (C=O) groups is 2. The lowest BCUT2D eigenvalue weighted by Gasteiger charge is -2.51. The number of piperidine rings is 2. The van der Waals surface area contributed by atoms with Crippen LogP contribution in [0.3, 0.4) is 0 Å². The Morgan fingerprint density at radius 2 is 1.18 bits per heavy atom. The molecule has 7 nitrogen and oxygen atoms in total.